The molecule has 1 saturated heterocycles. The van der Waals surface area contributed by atoms with E-state index in [1.165, 1.54) is 0 Å². The molecule has 1 fully saturated rings. The Kier molecular flexibility index (Phi) is 7.22. The van der Waals surface area contributed by atoms with Crippen molar-refractivity contribution >= 4 is 23.4 Å². The highest BCUT2D eigenvalue weighted by atomic mass is 16.2. The summed E-state index contributed by atoms with van der Waals surface area (Å²) in [5.41, 5.74) is 2.18. The highest BCUT2D eigenvalue weighted by Crippen LogP contribution is 2.21. The van der Waals surface area contributed by atoms with Crippen molar-refractivity contribution in [2.45, 2.75) is 39.2 Å². The van der Waals surface area contributed by atoms with Gasteiger partial charge < -0.3 is 15.5 Å². The maximum atomic E-state index is 12.5. The van der Waals surface area contributed by atoms with E-state index in [0.29, 0.717) is 24.3 Å². The third-order valence-electron chi connectivity index (χ3n) is 5.43. The van der Waals surface area contributed by atoms with Crippen molar-refractivity contribution in [3.05, 3.63) is 65.7 Å². The van der Waals surface area contributed by atoms with E-state index in [1.807, 2.05) is 37.3 Å². The average Bonchev–Trinajstić information content (AvgIpc) is 3.14. The number of nitrogens with one attached hydrogen (secondary N) is 2. The Morgan fingerprint density at radius 3 is 2.47 bits per heavy atom. The first kappa shape index (κ1) is 21.6. The third kappa shape index (κ3) is 5.47. The van der Waals surface area contributed by atoms with Crippen LogP contribution in [0.2, 0.25) is 0 Å². The number of carbonyl (C=O) groups is 3. The molecule has 30 heavy (non-hydrogen) atoms. The maximum Gasteiger partial charge on any atom is 0.251 e. The lowest BCUT2D eigenvalue weighted by Gasteiger charge is -2.16. The van der Waals surface area contributed by atoms with Gasteiger partial charge in [0.1, 0.15) is 0 Å². The van der Waals surface area contributed by atoms with Gasteiger partial charge in [-0.1, -0.05) is 43.7 Å². The normalized spacial score (nSPS) is 16.9. The Morgan fingerprint density at radius 1 is 1.10 bits per heavy atom. The third-order valence-corrected chi connectivity index (χ3v) is 5.43. The van der Waals surface area contributed by atoms with Gasteiger partial charge in [-0.3, -0.25) is 14.4 Å². The van der Waals surface area contributed by atoms with Gasteiger partial charge in [0.25, 0.3) is 5.91 Å². The number of nitrogens with zero attached hydrogens (tertiary/aromatic N) is 1. The zero-order valence-electron chi connectivity index (χ0n) is 17.6. The van der Waals surface area contributed by atoms with Gasteiger partial charge in [0.15, 0.2) is 0 Å². The monoisotopic (exact) mass is 407 g/mol. The minimum Gasteiger partial charge on any atom is -0.346 e. The summed E-state index contributed by atoms with van der Waals surface area (Å²) in [6, 6.07) is 16.5. The van der Waals surface area contributed by atoms with Crippen molar-refractivity contribution in [2.24, 2.45) is 5.92 Å². The van der Waals surface area contributed by atoms with Gasteiger partial charge >= 0.3 is 0 Å². The zero-order chi connectivity index (χ0) is 21.5. The van der Waals surface area contributed by atoms with Crippen LogP contribution in [0.3, 0.4) is 0 Å². The number of anilines is 1. The Morgan fingerprint density at radius 2 is 1.80 bits per heavy atom. The van der Waals surface area contributed by atoms with Gasteiger partial charge in [-0.25, -0.2) is 0 Å². The summed E-state index contributed by atoms with van der Waals surface area (Å²) in [7, 11) is 0. The molecule has 3 amide bonds. The average molecular weight is 408 g/mol. The van der Waals surface area contributed by atoms with Gasteiger partial charge in [-0.15, -0.1) is 0 Å². The Hall–Kier alpha value is -3.15. The van der Waals surface area contributed by atoms with Crippen LogP contribution in [0.5, 0.6) is 0 Å². The molecular weight excluding hydrogens is 378 g/mol. The maximum absolute atomic E-state index is 12.5. The summed E-state index contributed by atoms with van der Waals surface area (Å²) in [6.07, 6.45) is 2.23. The molecule has 1 aliphatic heterocycles. The first-order chi connectivity index (χ1) is 14.5. The van der Waals surface area contributed by atoms with E-state index in [9.17, 15) is 14.4 Å². The van der Waals surface area contributed by atoms with Gasteiger partial charge in [0.05, 0.1) is 12.0 Å². The summed E-state index contributed by atoms with van der Waals surface area (Å²) in [5.74, 6) is -0.610. The molecule has 1 aliphatic rings. The van der Waals surface area contributed by atoms with E-state index >= 15 is 0 Å². The van der Waals surface area contributed by atoms with E-state index in [0.717, 1.165) is 18.4 Å². The number of benzene rings is 2. The summed E-state index contributed by atoms with van der Waals surface area (Å²) >= 11 is 0. The Labute approximate surface area is 177 Å². The number of likely N-dealkylation sites (tertiary alicyclic amines) is 1. The number of unbranched alkanes of at least 4 members (excludes halogenated alkanes) is 1. The van der Waals surface area contributed by atoms with Crippen molar-refractivity contribution in [1.29, 1.82) is 0 Å². The number of rotatable bonds is 8. The molecule has 2 aromatic carbocycles. The van der Waals surface area contributed by atoms with E-state index in [1.54, 1.807) is 29.2 Å². The summed E-state index contributed by atoms with van der Waals surface area (Å²) in [4.78, 5) is 38.9. The topological polar surface area (TPSA) is 78.5 Å². The van der Waals surface area contributed by atoms with Crippen LogP contribution in [0.1, 0.15) is 55.1 Å². The second kappa shape index (κ2) is 10.1. The Balaban J connectivity index is 1.53. The second-order valence-electron chi connectivity index (χ2n) is 7.77. The summed E-state index contributed by atoms with van der Waals surface area (Å²) < 4.78 is 0. The molecule has 1 heterocycles. The first-order valence-corrected chi connectivity index (χ1v) is 10.5. The standard InChI is InChI=1S/C24H29N3O3/c1-3-4-14-27-16-20(15-22(27)28)24(30)26-21-12-10-19(11-13-21)23(29)25-17(2)18-8-6-5-7-9-18/h5-13,17,20H,3-4,14-16H2,1-2H3,(H,25,29)(H,26,30). The van der Waals surface area contributed by atoms with Crippen LogP contribution in [0, 0.1) is 5.92 Å². The minimum atomic E-state index is -0.330. The SMILES string of the molecule is CCCCN1CC(C(=O)Nc2ccc(C(=O)NC(C)c3ccccc3)cc2)CC1=O. The van der Waals surface area contributed by atoms with Gasteiger partial charge in [-0.2, -0.15) is 0 Å². The van der Waals surface area contributed by atoms with E-state index < -0.39 is 0 Å². The molecule has 2 N–H and O–H groups in total. The fourth-order valence-electron chi connectivity index (χ4n) is 3.57. The number of carbonyl (C=O) groups excluding carboxylic acids is 3. The predicted molar refractivity (Wildman–Crippen MR) is 117 cm³/mol. The predicted octanol–water partition coefficient (Wildman–Crippen LogP) is 3.76. The van der Waals surface area contributed by atoms with Crippen LogP contribution in [0.25, 0.3) is 0 Å². The molecule has 2 unspecified atom stereocenters. The molecule has 0 saturated carbocycles. The summed E-state index contributed by atoms with van der Waals surface area (Å²) in [5, 5.41) is 5.84. The zero-order valence-corrected chi connectivity index (χ0v) is 17.6. The van der Waals surface area contributed by atoms with Crippen molar-refractivity contribution in [3.63, 3.8) is 0 Å². The van der Waals surface area contributed by atoms with Crippen LogP contribution >= 0.6 is 0 Å². The van der Waals surface area contributed by atoms with Gasteiger partial charge in [0, 0.05) is 30.8 Å². The molecule has 158 valence electrons. The lowest BCUT2D eigenvalue weighted by molar-refractivity contribution is -0.128. The molecule has 0 radical (unpaired) electrons. The fraction of sp³-hybridized carbons (Fsp3) is 0.375. The van der Waals surface area contributed by atoms with Crippen LogP contribution in [0.4, 0.5) is 5.69 Å². The van der Waals surface area contributed by atoms with Crippen molar-refractivity contribution in [1.82, 2.24) is 10.2 Å². The van der Waals surface area contributed by atoms with Gasteiger partial charge in [0.2, 0.25) is 11.8 Å². The van der Waals surface area contributed by atoms with E-state index in [4.69, 9.17) is 0 Å². The summed E-state index contributed by atoms with van der Waals surface area (Å²) in [6.45, 7) is 5.21. The van der Waals surface area contributed by atoms with E-state index in [2.05, 4.69) is 17.6 Å². The molecule has 6 nitrogen and oxygen atoms in total. The van der Waals surface area contributed by atoms with Crippen LogP contribution in [-0.4, -0.2) is 35.7 Å². The van der Waals surface area contributed by atoms with Crippen LogP contribution in [0.15, 0.2) is 54.6 Å². The molecule has 6 heteroatoms. The quantitative estimate of drug-likeness (QED) is 0.699. The number of amides is 3. The lowest BCUT2D eigenvalue weighted by atomic mass is 10.1. The number of hydrogen-bond acceptors (Lipinski definition) is 3. The van der Waals surface area contributed by atoms with Crippen molar-refractivity contribution < 1.29 is 14.4 Å². The largest absolute Gasteiger partial charge is 0.346 e. The van der Waals surface area contributed by atoms with Gasteiger partial charge in [-0.05, 0) is 43.2 Å². The lowest BCUT2D eigenvalue weighted by Crippen LogP contribution is -2.29. The molecule has 2 atom stereocenters. The highest BCUT2D eigenvalue weighted by Gasteiger charge is 2.33. The highest BCUT2D eigenvalue weighted by molar-refractivity contribution is 5.98. The molecule has 0 bridgehead atoms. The number of hydrogen-bond donors (Lipinski definition) is 2. The Bertz CT molecular complexity index is 880. The van der Waals surface area contributed by atoms with E-state index in [-0.39, 0.29) is 36.1 Å². The molecule has 3 rings (SSSR count). The molecule has 0 aliphatic carbocycles. The molecule has 0 aromatic heterocycles. The molecule has 2 aromatic rings. The van der Waals surface area contributed by atoms with Crippen molar-refractivity contribution in [3.8, 4) is 0 Å². The fourth-order valence-corrected chi connectivity index (χ4v) is 3.57. The molecule has 0 spiro atoms. The minimum absolute atomic E-state index is 0.0446. The van der Waals surface area contributed by atoms with Crippen molar-refractivity contribution in [2.75, 3.05) is 18.4 Å². The second-order valence-corrected chi connectivity index (χ2v) is 7.77. The molecular formula is C24H29N3O3. The van der Waals surface area contributed by atoms with Crippen LogP contribution in [-0.2, 0) is 9.59 Å². The smallest absolute Gasteiger partial charge is 0.251 e. The first-order valence-electron chi connectivity index (χ1n) is 10.5. The van der Waals surface area contributed by atoms with Crippen LogP contribution < -0.4 is 10.6 Å².